The molecule has 0 rings (SSSR count). The van der Waals surface area contributed by atoms with Gasteiger partial charge in [-0.3, -0.25) is 9.79 Å². The number of allylic oxidation sites excluding steroid dienone is 2. The maximum Gasteiger partial charge on any atom is 0.153 e. The largest absolute Gasteiger partial charge is 0.402 e. The lowest BCUT2D eigenvalue weighted by Gasteiger charge is -1.91. The van der Waals surface area contributed by atoms with E-state index in [1.54, 1.807) is 6.92 Å². The molecule has 0 amide bonds. The summed E-state index contributed by atoms with van der Waals surface area (Å²) >= 11 is 0. The van der Waals surface area contributed by atoms with Crippen LogP contribution in [0, 0.1) is 0 Å². The fourth-order valence-corrected chi connectivity index (χ4v) is 0.415. The van der Waals surface area contributed by atoms with Crippen molar-refractivity contribution in [3.8, 4) is 0 Å². The molecule has 0 aliphatic rings. The van der Waals surface area contributed by atoms with E-state index in [2.05, 4.69) is 4.99 Å². The Bertz CT molecular complexity index is 166. The van der Waals surface area contributed by atoms with Crippen molar-refractivity contribution in [3.63, 3.8) is 0 Å². The van der Waals surface area contributed by atoms with Gasteiger partial charge in [0.2, 0.25) is 0 Å². The van der Waals surface area contributed by atoms with Gasteiger partial charge in [-0.2, -0.15) is 0 Å². The first kappa shape index (κ1) is 8.88. The van der Waals surface area contributed by atoms with Crippen LogP contribution in [0.5, 0.6) is 0 Å². The maximum atomic E-state index is 10.2. The van der Waals surface area contributed by atoms with Gasteiger partial charge in [-0.05, 0) is 13.8 Å². The zero-order valence-electron chi connectivity index (χ0n) is 6.29. The zero-order chi connectivity index (χ0) is 7.98. The average Bonchev–Trinajstić information content (AvgIpc) is 1.89. The average molecular weight is 140 g/mol. The van der Waals surface area contributed by atoms with E-state index >= 15 is 0 Å². The highest BCUT2D eigenvalue weighted by atomic mass is 16.1. The van der Waals surface area contributed by atoms with Crippen molar-refractivity contribution in [1.82, 2.24) is 0 Å². The molecule has 0 aliphatic carbocycles. The van der Waals surface area contributed by atoms with Crippen molar-refractivity contribution in [2.24, 2.45) is 10.7 Å². The molecule has 56 valence electrons. The third kappa shape index (κ3) is 3.02. The standard InChI is InChI=1S/C7H12N2O/c1-3-9-4-7(5-10)6(2)8/h4-5H,3,8H2,1-2H3. The maximum absolute atomic E-state index is 10.2. The van der Waals surface area contributed by atoms with Crippen molar-refractivity contribution in [2.75, 3.05) is 6.54 Å². The van der Waals surface area contributed by atoms with E-state index in [9.17, 15) is 4.79 Å². The molecule has 0 aromatic heterocycles. The number of rotatable bonds is 3. The SMILES string of the molecule is CCN=CC(C=O)=C(C)N. The molecule has 2 N–H and O–H groups in total. The number of hydrogen-bond acceptors (Lipinski definition) is 3. The highest BCUT2D eigenvalue weighted by Gasteiger charge is 1.91. The molecule has 0 atom stereocenters. The minimum atomic E-state index is 0.460. The molecule has 0 unspecified atom stereocenters. The first-order valence-corrected chi connectivity index (χ1v) is 3.13. The van der Waals surface area contributed by atoms with Crippen LogP contribution < -0.4 is 5.73 Å². The van der Waals surface area contributed by atoms with E-state index in [-0.39, 0.29) is 0 Å². The summed E-state index contributed by atoms with van der Waals surface area (Å²) in [6.07, 6.45) is 2.19. The Hall–Kier alpha value is -1.12. The molecule has 0 aromatic rings. The van der Waals surface area contributed by atoms with Gasteiger partial charge in [0, 0.05) is 18.5 Å². The predicted octanol–water partition coefficient (Wildman–Crippen LogP) is 0.509. The Kier molecular flexibility index (Phi) is 4.20. The molecule has 0 bridgehead atoms. The van der Waals surface area contributed by atoms with E-state index in [0.717, 1.165) is 0 Å². The Morgan fingerprint density at radius 3 is 2.60 bits per heavy atom. The van der Waals surface area contributed by atoms with Crippen LogP contribution in [0.25, 0.3) is 0 Å². The molecule has 0 heterocycles. The van der Waals surface area contributed by atoms with E-state index in [0.29, 0.717) is 24.1 Å². The Labute approximate surface area is 60.6 Å². The fraction of sp³-hybridized carbons (Fsp3) is 0.429. The van der Waals surface area contributed by atoms with E-state index in [1.165, 1.54) is 6.21 Å². The molecule has 0 fully saturated rings. The number of hydrogen-bond donors (Lipinski definition) is 1. The summed E-state index contributed by atoms with van der Waals surface area (Å²) in [5.74, 6) is 0. The number of aliphatic imine (C=N–C) groups is 1. The lowest BCUT2D eigenvalue weighted by Crippen LogP contribution is -2.00. The first-order chi connectivity index (χ1) is 4.72. The third-order valence-electron chi connectivity index (χ3n) is 0.995. The van der Waals surface area contributed by atoms with Crippen LogP contribution in [0.15, 0.2) is 16.3 Å². The van der Waals surface area contributed by atoms with Crippen molar-refractivity contribution < 1.29 is 4.79 Å². The summed E-state index contributed by atoms with van der Waals surface area (Å²) in [7, 11) is 0. The van der Waals surface area contributed by atoms with Crippen molar-refractivity contribution in [2.45, 2.75) is 13.8 Å². The third-order valence-corrected chi connectivity index (χ3v) is 0.995. The Morgan fingerprint density at radius 2 is 2.30 bits per heavy atom. The van der Waals surface area contributed by atoms with E-state index in [4.69, 9.17) is 5.73 Å². The number of carbonyl (C=O) groups is 1. The molecule has 10 heavy (non-hydrogen) atoms. The molecule has 0 spiro atoms. The first-order valence-electron chi connectivity index (χ1n) is 3.13. The summed E-state index contributed by atoms with van der Waals surface area (Å²) in [6, 6.07) is 0. The topological polar surface area (TPSA) is 55.5 Å². The monoisotopic (exact) mass is 140 g/mol. The van der Waals surface area contributed by atoms with Gasteiger partial charge in [0.05, 0.1) is 5.57 Å². The van der Waals surface area contributed by atoms with Gasteiger partial charge in [0.15, 0.2) is 6.29 Å². The number of aldehydes is 1. The van der Waals surface area contributed by atoms with Crippen LogP contribution in [0.4, 0.5) is 0 Å². The molecular weight excluding hydrogens is 128 g/mol. The minimum Gasteiger partial charge on any atom is -0.402 e. The van der Waals surface area contributed by atoms with Gasteiger partial charge in [-0.25, -0.2) is 0 Å². The molecular formula is C7H12N2O. The Morgan fingerprint density at radius 1 is 1.70 bits per heavy atom. The van der Waals surface area contributed by atoms with E-state index in [1.807, 2.05) is 6.92 Å². The molecule has 0 aromatic carbocycles. The van der Waals surface area contributed by atoms with Crippen molar-refractivity contribution >= 4 is 12.5 Å². The lowest BCUT2D eigenvalue weighted by molar-refractivity contribution is -0.104. The van der Waals surface area contributed by atoms with Gasteiger partial charge in [0.1, 0.15) is 0 Å². The Balaban J connectivity index is 4.24. The summed E-state index contributed by atoms with van der Waals surface area (Å²) < 4.78 is 0. The van der Waals surface area contributed by atoms with Crippen LogP contribution in [0.2, 0.25) is 0 Å². The van der Waals surface area contributed by atoms with Gasteiger partial charge >= 0.3 is 0 Å². The highest BCUT2D eigenvalue weighted by molar-refractivity contribution is 6.02. The van der Waals surface area contributed by atoms with Crippen LogP contribution >= 0.6 is 0 Å². The summed E-state index contributed by atoms with van der Waals surface area (Å²) in [5.41, 5.74) is 6.31. The smallest absolute Gasteiger partial charge is 0.153 e. The summed E-state index contributed by atoms with van der Waals surface area (Å²) in [5, 5.41) is 0. The van der Waals surface area contributed by atoms with Crippen molar-refractivity contribution in [3.05, 3.63) is 11.3 Å². The molecule has 3 nitrogen and oxygen atoms in total. The van der Waals surface area contributed by atoms with Gasteiger partial charge in [-0.1, -0.05) is 0 Å². The number of nitrogens with zero attached hydrogens (tertiary/aromatic N) is 1. The summed E-state index contributed by atoms with van der Waals surface area (Å²) in [6.45, 7) is 4.24. The van der Waals surface area contributed by atoms with Gasteiger partial charge in [-0.15, -0.1) is 0 Å². The molecule has 3 heteroatoms. The molecule has 0 aliphatic heterocycles. The second kappa shape index (κ2) is 4.73. The number of nitrogens with two attached hydrogens (primary N) is 1. The molecule has 0 radical (unpaired) electrons. The minimum absolute atomic E-state index is 0.460. The fourth-order valence-electron chi connectivity index (χ4n) is 0.415. The van der Waals surface area contributed by atoms with Crippen LogP contribution in [-0.2, 0) is 4.79 Å². The van der Waals surface area contributed by atoms with E-state index < -0.39 is 0 Å². The normalized spacial score (nSPS) is 13.4. The van der Waals surface area contributed by atoms with Crippen LogP contribution in [0.1, 0.15) is 13.8 Å². The van der Waals surface area contributed by atoms with Crippen molar-refractivity contribution in [1.29, 1.82) is 0 Å². The van der Waals surface area contributed by atoms with Gasteiger partial charge < -0.3 is 5.73 Å². The number of carbonyl (C=O) groups excluding carboxylic acids is 1. The molecule has 0 saturated heterocycles. The molecule has 0 saturated carbocycles. The zero-order valence-corrected chi connectivity index (χ0v) is 6.29. The summed E-state index contributed by atoms with van der Waals surface area (Å²) in [4.78, 5) is 14.1. The second-order valence-electron chi connectivity index (χ2n) is 1.88. The quantitative estimate of drug-likeness (QED) is 0.353. The lowest BCUT2D eigenvalue weighted by atomic mass is 10.2. The van der Waals surface area contributed by atoms with Crippen LogP contribution in [0.3, 0.4) is 0 Å². The predicted molar refractivity (Wildman–Crippen MR) is 42.0 cm³/mol. The second-order valence-corrected chi connectivity index (χ2v) is 1.88. The van der Waals surface area contributed by atoms with Crippen LogP contribution in [-0.4, -0.2) is 19.0 Å². The van der Waals surface area contributed by atoms with Gasteiger partial charge in [0.25, 0.3) is 0 Å². The highest BCUT2D eigenvalue weighted by Crippen LogP contribution is 1.89.